The van der Waals surface area contributed by atoms with E-state index < -0.39 is 47.5 Å². The molecular formula is C38H56O12. The van der Waals surface area contributed by atoms with Gasteiger partial charge in [-0.3, -0.25) is 9.59 Å². The molecule has 0 aromatic heterocycles. The van der Waals surface area contributed by atoms with E-state index in [1.807, 2.05) is 32.9 Å². The predicted octanol–water partition coefficient (Wildman–Crippen LogP) is 7.11. The van der Waals surface area contributed by atoms with Gasteiger partial charge < -0.3 is 29.5 Å². The number of carbonyl (C=O) groups excluding carboxylic acids is 1. The van der Waals surface area contributed by atoms with Gasteiger partial charge in [0.05, 0.1) is 25.6 Å². The number of esters is 1. The van der Waals surface area contributed by atoms with Gasteiger partial charge in [-0.25, -0.2) is 19.4 Å². The highest BCUT2D eigenvalue weighted by atomic mass is 17.2. The minimum absolute atomic E-state index is 0.181. The Balaban J connectivity index is 2.33. The fraction of sp³-hybridized carbons (Fsp3) is 0.632. The van der Waals surface area contributed by atoms with Crippen LogP contribution in [0.3, 0.4) is 0 Å². The number of hydrogen-bond acceptors (Lipinski definition) is 9. The van der Waals surface area contributed by atoms with E-state index in [1.54, 1.807) is 32.1 Å². The second-order valence-electron chi connectivity index (χ2n) is 13.3. The Morgan fingerprint density at radius 1 is 0.920 bits per heavy atom. The molecule has 0 aromatic rings. The van der Waals surface area contributed by atoms with Crippen LogP contribution in [-0.2, 0) is 43.2 Å². The lowest BCUT2D eigenvalue weighted by atomic mass is 9.78. The number of ether oxygens (including phenoxy) is 3. The van der Waals surface area contributed by atoms with Crippen molar-refractivity contribution in [2.75, 3.05) is 6.61 Å². The third-order valence-electron chi connectivity index (χ3n) is 9.05. The van der Waals surface area contributed by atoms with Crippen LogP contribution in [0, 0.1) is 11.8 Å². The van der Waals surface area contributed by atoms with Crippen molar-refractivity contribution in [2.24, 2.45) is 11.8 Å². The molecule has 2 saturated heterocycles. The Bertz CT molecular complexity index is 1300. The minimum atomic E-state index is -1.09. The third kappa shape index (κ3) is 14.3. The van der Waals surface area contributed by atoms with E-state index in [0.29, 0.717) is 44.3 Å². The Labute approximate surface area is 295 Å². The first-order valence-electron chi connectivity index (χ1n) is 17.6. The van der Waals surface area contributed by atoms with Crippen molar-refractivity contribution < 1.29 is 58.5 Å². The molecule has 12 nitrogen and oxygen atoms in total. The maximum absolute atomic E-state index is 12.9. The summed E-state index contributed by atoms with van der Waals surface area (Å²) in [4.78, 5) is 57.0. The van der Waals surface area contributed by atoms with E-state index in [4.69, 9.17) is 34.2 Å². The Morgan fingerprint density at radius 3 is 2.30 bits per heavy atom. The molecule has 3 N–H and O–H groups in total. The summed E-state index contributed by atoms with van der Waals surface area (Å²) in [6, 6.07) is 0. The summed E-state index contributed by atoms with van der Waals surface area (Å²) in [6.45, 7) is 11.8. The number of allylic oxidation sites excluding steroid dienone is 4. The van der Waals surface area contributed by atoms with Crippen LogP contribution in [0.15, 0.2) is 59.8 Å². The number of unbranched alkanes of at least 4 members (excludes halogenated alkanes) is 1. The molecule has 0 aromatic carbocycles. The molecule has 0 aliphatic carbocycles. The molecule has 280 valence electrons. The van der Waals surface area contributed by atoms with Gasteiger partial charge in [0.15, 0.2) is 5.79 Å². The molecule has 50 heavy (non-hydrogen) atoms. The van der Waals surface area contributed by atoms with Crippen LogP contribution in [0.25, 0.3) is 0 Å². The van der Waals surface area contributed by atoms with E-state index in [-0.39, 0.29) is 30.8 Å². The van der Waals surface area contributed by atoms with Gasteiger partial charge in [0.25, 0.3) is 0 Å². The van der Waals surface area contributed by atoms with Crippen LogP contribution in [0.2, 0.25) is 0 Å². The highest BCUT2D eigenvalue weighted by molar-refractivity contribution is 5.81. The third-order valence-corrected chi connectivity index (χ3v) is 9.05. The van der Waals surface area contributed by atoms with E-state index in [2.05, 4.69) is 13.0 Å². The van der Waals surface area contributed by atoms with Crippen LogP contribution >= 0.6 is 0 Å². The standard InChI is InChI=1S/C38H56O12/c1-7-9-21-37(49-36(45)19-18-34(41)42)23-24-38(48-32(37)16-12-27(4)25-35(43)44)22-20-29(6)30(47-38)14-10-26(3)11-15-31(50-46-8-2)28(5)13-17-33(39)40/h10-13,15-17,25,28-32H,7-9,14,18-24H2,1-6H3,(H,39,40)(H,41,42)(H,43,44)/b15-11+,16-12+,17-13+,26-10+,27-25+. The second-order valence-corrected chi connectivity index (χ2v) is 13.3. The molecule has 0 saturated carbocycles. The molecule has 0 amide bonds. The smallest absolute Gasteiger partial charge is 0.328 e. The normalized spacial score (nSPS) is 27.6. The summed E-state index contributed by atoms with van der Waals surface area (Å²) in [5.41, 5.74) is 0.364. The van der Waals surface area contributed by atoms with Crippen molar-refractivity contribution in [3.63, 3.8) is 0 Å². The predicted molar refractivity (Wildman–Crippen MR) is 186 cm³/mol. The fourth-order valence-corrected chi connectivity index (χ4v) is 6.07. The van der Waals surface area contributed by atoms with E-state index in [9.17, 15) is 24.3 Å². The van der Waals surface area contributed by atoms with Crippen LogP contribution in [0.1, 0.15) is 106 Å². The number of hydrogen-bond donors (Lipinski definition) is 3. The Hall–Kier alpha value is -3.58. The molecule has 0 radical (unpaired) electrons. The summed E-state index contributed by atoms with van der Waals surface area (Å²) in [5.74, 6) is -4.82. The number of carboxylic acids is 3. The minimum Gasteiger partial charge on any atom is -0.481 e. The van der Waals surface area contributed by atoms with Crippen molar-refractivity contribution in [2.45, 2.75) is 135 Å². The topological polar surface area (TPSA) is 175 Å². The number of carbonyl (C=O) groups is 4. The fourth-order valence-electron chi connectivity index (χ4n) is 6.07. The lowest BCUT2D eigenvalue weighted by molar-refractivity contribution is -0.344. The summed E-state index contributed by atoms with van der Waals surface area (Å²) in [6.07, 6.45) is 15.8. The van der Waals surface area contributed by atoms with E-state index in [0.717, 1.165) is 37.0 Å². The van der Waals surface area contributed by atoms with Crippen LogP contribution in [0.5, 0.6) is 0 Å². The van der Waals surface area contributed by atoms with Crippen molar-refractivity contribution in [3.8, 4) is 0 Å². The SMILES string of the molecule is CCCCC1(OC(=O)CCC(=O)O)CCC2(CCC(C)C(C/C=C(C)/C=C/C(OOCC)C(C)/C=C/C(=O)O)O2)OC1/C=C/C(C)=C/C(=O)O. The van der Waals surface area contributed by atoms with Gasteiger partial charge in [-0.05, 0) is 64.4 Å². The number of aliphatic carboxylic acids is 3. The molecule has 12 heteroatoms. The molecule has 7 atom stereocenters. The lowest BCUT2D eigenvalue weighted by Gasteiger charge is -2.53. The monoisotopic (exact) mass is 704 g/mol. The largest absolute Gasteiger partial charge is 0.481 e. The van der Waals surface area contributed by atoms with Gasteiger partial charge in [-0.1, -0.05) is 69.2 Å². The first kappa shape index (κ1) is 42.6. The van der Waals surface area contributed by atoms with Crippen molar-refractivity contribution in [1.82, 2.24) is 0 Å². The highest BCUT2D eigenvalue weighted by Gasteiger charge is 2.54. The molecular weight excluding hydrogens is 648 g/mol. The lowest BCUT2D eigenvalue weighted by Crippen LogP contribution is -2.59. The maximum atomic E-state index is 12.9. The molecule has 2 aliphatic rings. The molecule has 2 fully saturated rings. The summed E-state index contributed by atoms with van der Waals surface area (Å²) in [5, 5.41) is 27.4. The molecule has 2 aliphatic heterocycles. The van der Waals surface area contributed by atoms with Gasteiger partial charge in [0.2, 0.25) is 0 Å². The van der Waals surface area contributed by atoms with Gasteiger partial charge in [-0.15, -0.1) is 0 Å². The molecule has 7 unspecified atom stereocenters. The summed E-state index contributed by atoms with van der Waals surface area (Å²) >= 11 is 0. The van der Waals surface area contributed by atoms with Crippen molar-refractivity contribution >= 4 is 23.9 Å². The first-order valence-corrected chi connectivity index (χ1v) is 17.6. The Kier molecular flexibility index (Phi) is 17.8. The summed E-state index contributed by atoms with van der Waals surface area (Å²) < 4.78 is 19.7. The maximum Gasteiger partial charge on any atom is 0.328 e. The van der Waals surface area contributed by atoms with Crippen molar-refractivity contribution in [3.05, 3.63) is 59.8 Å². The zero-order chi connectivity index (χ0) is 37.3. The van der Waals surface area contributed by atoms with Crippen LogP contribution in [-0.4, -0.2) is 75.5 Å². The van der Waals surface area contributed by atoms with Gasteiger partial charge >= 0.3 is 23.9 Å². The average molecular weight is 705 g/mol. The highest BCUT2D eigenvalue weighted by Crippen LogP contribution is 2.48. The van der Waals surface area contributed by atoms with Gasteiger partial charge in [0, 0.05) is 30.9 Å². The first-order chi connectivity index (χ1) is 23.6. The van der Waals surface area contributed by atoms with E-state index >= 15 is 0 Å². The van der Waals surface area contributed by atoms with Gasteiger partial charge in [0.1, 0.15) is 17.8 Å². The van der Waals surface area contributed by atoms with E-state index in [1.165, 1.54) is 0 Å². The second kappa shape index (κ2) is 20.9. The average Bonchev–Trinajstić information content (AvgIpc) is 3.06. The molecule has 1 spiro atoms. The number of carboxylic acid groups (broad SMARTS) is 3. The zero-order valence-corrected chi connectivity index (χ0v) is 30.3. The van der Waals surface area contributed by atoms with Gasteiger partial charge in [-0.2, -0.15) is 0 Å². The summed E-state index contributed by atoms with van der Waals surface area (Å²) in [7, 11) is 0. The molecule has 2 rings (SSSR count). The molecule has 2 heterocycles. The Morgan fingerprint density at radius 2 is 1.66 bits per heavy atom. The zero-order valence-electron chi connectivity index (χ0n) is 30.3. The van der Waals surface area contributed by atoms with Crippen molar-refractivity contribution in [1.29, 1.82) is 0 Å². The number of rotatable bonds is 20. The van der Waals surface area contributed by atoms with Crippen LogP contribution in [0.4, 0.5) is 0 Å². The van der Waals surface area contributed by atoms with Crippen LogP contribution < -0.4 is 0 Å². The molecule has 0 bridgehead atoms. The quantitative estimate of drug-likeness (QED) is 0.0386.